The standard InChI is InChI=1S/C21H26N6O2/c1-13-9-17(28)10-18(13)23-21(29)24-20-14(2)19(15-11-22-26(3)12-15)25-27(20)16-7-5-4-6-8-16/h4-8,11-13,17-18,28H,9-10H2,1-3H3,(H2,23,24,29)/t13-,17?,18-/m1/s1. The normalized spacial score (nSPS) is 21.3. The van der Waals surface area contributed by atoms with Gasteiger partial charge in [-0.15, -0.1) is 0 Å². The minimum Gasteiger partial charge on any atom is -0.393 e. The van der Waals surface area contributed by atoms with Crippen LogP contribution in [0.2, 0.25) is 0 Å². The zero-order valence-electron chi connectivity index (χ0n) is 16.8. The summed E-state index contributed by atoms with van der Waals surface area (Å²) in [6, 6.07) is 9.35. The van der Waals surface area contributed by atoms with Gasteiger partial charge in [0, 0.05) is 30.4 Å². The summed E-state index contributed by atoms with van der Waals surface area (Å²) in [4.78, 5) is 12.7. The van der Waals surface area contributed by atoms with Crippen LogP contribution in [0.4, 0.5) is 10.6 Å². The number of hydrogen-bond acceptors (Lipinski definition) is 4. The number of benzene rings is 1. The van der Waals surface area contributed by atoms with Gasteiger partial charge in [0.2, 0.25) is 0 Å². The Labute approximate surface area is 169 Å². The lowest BCUT2D eigenvalue weighted by molar-refractivity contribution is 0.177. The molecule has 1 unspecified atom stereocenters. The number of aliphatic hydroxyl groups excluding tert-OH is 1. The zero-order chi connectivity index (χ0) is 20.5. The van der Waals surface area contributed by atoms with E-state index < -0.39 is 0 Å². The monoisotopic (exact) mass is 394 g/mol. The van der Waals surface area contributed by atoms with Crippen LogP contribution >= 0.6 is 0 Å². The molecule has 0 aliphatic heterocycles. The van der Waals surface area contributed by atoms with E-state index in [1.54, 1.807) is 15.6 Å². The Morgan fingerprint density at radius 1 is 1.24 bits per heavy atom. The van der Waals surface area contributed by atoms with Crippen molar-refractivity contribution in [2.45, 2.75) is 38.8 Å². The molecule has 1 aromatic carbocycles. The molecular weight excluding hydrogens is 368 g/mol. The molecule has 3 aromatic rings. The minimum absolute atomic E-state index is 0.0452. The van der Waals surface area contributed by atoms with Gasteiger partial charge in [-0.25, -0.2) is 9.48 Å². The summed E-state index contributed by atoms with van der Waals surface area (Å²) < 4.78 is 3.47. The van der Waals surface area contributed by atoms with Crippen LogP contribution in [-0.2, 0) is 7.05 Å². The average Bonchev–Trinajstić information content (AvgIpc) is 3.35. The van der Waals surface area contributed by atoms with E-state index in [4.69, 9.17) is 5.10 Å². The molecule has 0 spiro atoms. The van der Waals surface area contributed by atoms with Crippen molar-refractivity contribution >= 4 is 11.8 Å². The fourth-order valence-electron chi connectivity index (χ4n) is 3.94. The summed E-state index contributed by atoms with van der Waals surface area (Å²) in [7, 11) is 1.86. The summed E-state index contributed by atoms with van der Waals surface area (Å²) in [5.41, 5.74) is 3.36. The highest BCUT2D eigenvalue weighted by molar-refractivity contribution is 5.91. The van der Waals surface area contributed by atoms with Gasteiger partial charge in [0.05, 0.1) is 18.0 Å². The molecule has 0 saturated heterocycles. The van der Waals surface area contributed by atoms with Crippen LogP contribution in [0.3, 0.4) is 0 Å². The topological polar surface area (TPSA) is 97.0 Å². The first-order valence-electron chi connectivity index (χ1n) is 9.82. The molecule has 3 atom stereocenters. The fourth-order valence-corrected chi connectivity index (χ4v) is 3.94. The van der Waals surface area contributed by atoms with E-state index in [0.29, 0.717) is 18.7 Å². The van der Waals surface area contributed by atoms with E-state index in [0.717, 1.165) is 22.5 Å². The predicted molar refractivity (Wildman–Crippen MR) is 111 cm³/mol. The zero-order valence-corrected chi connectivity index (χ0v) is 16.8. The first kappa shape index (κ1) is 19.2. The molecule has 29 heavy (non-hydrogen) atoms. The maximum Gasteiger partial charge on any atom is 0.320 e. The van der Waals surface area contributed by atoms with Crippen molar-refractivity contribution in [3.05, 3.63) is 48.3 Å². The Morgan fingerprint density at radius 2 is 2.00 bits per heavy atom. The van der Waals surface area contributed by atoms with Crippen molar-refractivity contribution in [2.24, 2.45) is 13.0 Å². The van der Waals surface area contributed by atoms with Gasteiger partial charge in [-0.05, 0) is 37.8 Å². The van der Waals surface area contributed by atoms with Crippen molar-refractivity contribution < 1.29 is 9.90 Å². The number of aryl methyl sites for hydroxylation is 1. The summed E-state index contributed by atoms with van der Waals surface area (Å²) >= 11 is 0. The van der Waals surface area contributed by atoms with Crippen molar-refractivity contribution in [3.8, 4) is 16.9 Å². The predicted octanol–water partition coefficient (Wildman–Crippen LogP) is 2.86. The summed E-state index contributed by atoms with van der Waals surface area (Å²) in [5, 5.41) is 24.8. The molecule has 1 aliphatic rings. The number of carbonyl (C=O) groups is 1. The van der Waals surface area contributed by atoms with Crippen LogP contribution in [0.5, 0.6) is 0 Å². The third-order valence-electron chi connectivity index (χ3n) is 5.51. The molecule has 2 amide bonds. The molecule has 0 bridgehead atoms. The van der Waals surface area contributed by atoms with E-state index in [1.807, 2.05) is 57.4 Å². The van der Waals surface area contributed by atoms with E-state index in [1.165, 1.54) is 0 Å². The molecule has 3 N–H and O–H groups in total. The molecule has 1 saturated carbocycles. The van der Waals surface area contributed by atoms with Gasteiger partial charge >= 0.3 is 6.03 Å². The van der Waals surface area contributed by atoms with Gasteiger partial charge in [-0.1, -0.05) is 25.1 Å². The van der Waals surface area contributed by atoms with Gasteiger partial charge in [0.1, 0.15) is 11.5 Å². The van der Waals surface area contributed by atoms with E-state index in [9.17, 15) is 9.90 Å². The number of para-hydroxylation sites is 1. The lowest BCUT2D eigenvalue weighted by Crippen LogP contribution is -2.40. The number of nitrogens with one attached hydrogen (secondary N) is 2. The Balaban J connectivity index is 1.66. The van der Waals surface area contributed by atoms with Crippen LogP contribution in [-0.4, -0.2) is 42.8 Å². The quantitative estimate of drug-likeness (QED) is 0.634. The number of amides is 2. The van der Waals surface area contributed by atoms with Crippen molar-refractivity contribution in [2.75, 3.05) is 5.32 Å². The van der Waals surface area contributed by atoms with Crippen molar-refractivity contribution in [1.29, 1.82) is 0 Å². The summed E-state index contributed by atoms with van der Waals surface area (Å²) in [6.07, 6.45) is 4.58. The van der Waals surface area contributed by atoms with E-state index in [2.05, 4.69) is 15.7 Å². The van der Waals surface area contributed by atoms with Crippen LogP contribution in [0.25, 0.3) is 16.9 Å². The SMILES string of the molecule is Cc1c(-c2cnn(C)c2)nn(-c2ccccc2)c1NC(=O)N[C@@H]1CC(O)C[C@H]1C. The third-order valence-corrected chi connectivity index (χ3v) is 5.51. The lowest BCUT2D eigenvalue weighted by atomic mass is 10.1. The molecule has 0 radical (unpaired) electrons. The molecular formula is C21H26N6O2. The molecule has 8 nitrogen and oxygen atoms in total. The number of carbonyl (C=O) groups excluding carboxylic acids is 1. The largest absolute Gasteiger partial charge is 0.393 e. The molecule has 152 valence electrons. The number of rotatable bonds is 4. The van der Waals surface area contributed by atoms with Gasteiger partial charge in [-0.3, -0.25) is 10.00 Å². The number of aliphatic hydroxyl groups is 1. The second kappa shape index (κ2) is 7.71. The fraction of sp³-hybridized carbons (Fsp3) is 0.381. The molecule has 8 heteroatoms. The van der Waals surface area contributed by atoms with Crippen LogP contribution < -0.4 is 10.6 Å². The van der Waals surface area contributed by atoms with E-state index >= 15 is 0 Å². The Morgan fingerprint density at radius 3 is 2.62 bits per heavy atom. The first-order valence-corrected chi connectivity index (χ1v) is 9.82. The molecule has 4 rings (SSSR count). The second-order valence-electron chi connectivity index (χ2n) is 7.78. The minimum atomic E-state index is -0.357. The van der Waals surface area contributed by atoms with Crippen LogP contribution in [0, 0.1) is 12.8 Å². The van der Waals surface area contributed by atoms with Gasteiger partial charge in [0.25, 0.3) is 0 Å². The van der Waals surface area contributed by atoms with Crippen LogP contribution in [0.1, 0.15) is 25.3 Å². The average molecular weight is 394 g/mol. The number of aromatic nitrogens is 4. The smallest absolute Gasteiger partial charge is 0.320 e. The summed E-state index contributed by atoms with van der Waals surface area (Å²) in [5.74, 6) is 0.848. The van der Waals surface area contributed by atoms with Crippen molar-refractivity contribution in [3.63, 3.8) is 0 Å². The number of nitrogens with zero attached hydrogens (tertiary/aromatic N) is 4. The Hall–Kier alpha value is -3.13. The second-order valence-corrected chi connectivity index (χ2v) is 7.78. The van der Waals surface area contributed by atoms with Crippen LogP contribution in [0.15, 0.2) is 42.7 Å². The molecule has 1 aliphatic carbocycles. The highest BCUT2D eigenvalue weighted by atomic mass is 16.3. The number of urea groups is 1. The molecule has 2 aromatic heterocycles. The van der Waals surface area contributed by atoms with Gasteiger partial charge in [-0.2, -0.15) is 10.2 Å². The maximum absolute atomic E-state index is 12.7. The number of anilines is 1. The maximum atomic E-state index is 12.7. The highest BCUT2D eigenvalue weighted by Crippen LogP contribution is 2.30. The highest BCUT2D eigenvalue weighted by Gasteiger charge is 2.31. The summed E-state index contributed by atoms with van der Waals surface area (Å²) in [6.45, 7) is 3.98. The van der Waals surface area contributed by atoms with Crippen molar-refractivity contribution in [1.82, 2.24) is 24.9 Å². The Bertz CT molecular complexity index is 1010. The van der Waals surface area contributed by atoms with E-state index in [-0.39, 0.29) is 24.1 Å². The first-order chi connectivity index (χ1) is 13.9. The Kier molecular flexibility index (Phi) is 5.10. The molecule has 2 heterocycles. The van der Waals surface area contributed by atoms with Gasteiger partial charge < -0.3 is 10.4 Å². The van der Waals surface area contributed by atoms with Gasteiger partial charge in [0.15, 0.2) is 0 Å². The lowest BCUT2D eigenvalue weighted by Gasteiger charge is -2.18. The third kappa shape index (κ3) is 3.88. The number of hydrogen-bond donors (Lipinski definition) is 3. The molecule has 1 fully saturated rings.